The number of pyridine rings is 1. The molecule has 2 atom stereocenters. The number of benzene rings is 1. The van der Waals surface area contributed by atoms with Gasteiger partial charge in [-0.1, -0.05) is 18.0 Å². The zero-order valence-corrected chi connectivity index (χ0v) is 16.9. The second-order valence-corrected chi connectivity index (χ2v) is 9.56. The van der Waals surface area contributed by atoms with Gasteiger partial charge in [-0.15, -0.1) is 11.3 Å². The molecule has 2 aliphatic rings. The van der Waals surface area contributed by atoms with Crippen molar-refractivity contribution in [1.82, 2.24) is 4.98 Å². The number of aliphatic hydroxyl groups excluding tert-OH is 1. The second kappa shape index (κ2) is 6.47. The van der Waals surface area contributed by atoms with Gasteiger partial charge in [0.1, 0.15) is 5.75 Å². The van der Waals surface area contributed by atoms with E-state index in [4.69, 9.17) is 16.3 Å². The Morgan fingerprint density at radius 1 is 1.33 bits per heavy atom. The maximum Gasteiger partial charge on any atom is 0.130 e. The van der Waals surface area contributed by atoms with Gasteiger partial charge in [0.05, 0.1) is 23.4 Å². The molecule has 27 heavy (non-hydrogen) atoms. The molecule has 5 heteroatoms. The van der Waals surface area contributed by atoms with E-state index >= 15 is 0 Å². The highest BCUT2D eigenvalue weighted by Crippen LogP contribution is 2.63. The minimum atomic E-state index is 0.0301. The summed E-state index contributed by atoms with van der Waals surface area (Å²) in [7, 11) is 0. The first-order chi connectivity index (χ1) is 13.1. The number of thiophene rings is 1. The molecule has 3 aromatic rings. The number of rotatable bonds is 5. The van der Waals surface area contributed by atoms with Crippen LogP contribution in [0.3, 0.4) is 0 Å². The fraction of sp³-hybridized carbons (Fsp3) is 0.409. The normalized spacial score (nSPS) is 23.6. The first-order valence-electron chi connectivity index (χ1n) is 9.51. The summed E-state index contributed by atoms with van der Waals surface area (Å²) < 4.78 is 7.53. The van der Waals surface area contributed by atoms with Crippen LogP contribution in [-0.4, -0.2) is 16.7 Å². The second-order valence-electron chi connectivity index (χ2n) is 7.99. The average molecular weight is 400 g/mol. The number of hydrogen-bond acceptors (Lipinski definition) is 4. The highest BCUT2D eigenvalue weighted by Gasteiger charge is 2.57. The fourth-order valence-electron chi connectivity index (χ4n) is 4.71. The lowest BCUT2D eigenvalue weighted by atomic mass is 10.0. The molecule has 2 heterocycles. The van der Waals surface area contributed by atoms with Crippen molar-refractivity contribution in [3.05, 3.63) is 45.9 Å². The standard InChI is InChI=1S/C22H22ClNO2S/c1-13-7-15(23)8-18(20(13)26-12-22-5-2-3-14(22)10-22)17-4-6-24-19-9-16(11-25)27-21(17)19/h4,6-9,14,25H,2-3,5,10-12H2,1H3. The summed E-state index contributed by atoms with van der Waals surface area (Å²) in [6, 6.07) is 7.94. The van der Waals surface area contributed by atoms with Crippen molar-refractivity contribution in [2.75, 3.05) is 6.61 Å². The lowest BCUT2D eigenvalue weighted by molar-refractivity contribution is 0.227. The summed E-state index contributed by atoms with van der Waals surface area (Å²) in [5.74, 6) is 1.79. The minimum Gasteiger partial charge on any atom is -0.492 e. The van der Waals surface area contributed by atoms with Crippen LogP contribution in [0, 0.1) is 18.3 Å². The highest BCUT2D eigenvalue weighted by atomic mass is 35.5. The van der Waals surface area contributed by atoms with Crippen molar-refractivity contribution in [2.45, 2.75) is 39.2 Å². The first kappa shape index (κ1) is 17.5. The van der Waals surface area contributed by atoms with E-state index in [1.165, 1.54) is 25.7 Å². The van der Waals surface area contributed by atoms with E-state index in [1.807, 2.05) is 30.5 Å². The van der Waals surface area contributed by atoms with Crippen LogP contribution in [0.4, 0.5) is 0 Å². The van der Waals surface area contributed by atoms with Crippen LogP contribution in [0.5, 0.6) is 5.75 Å². The summed E-state index contributed by atoms with van der Waals surface area (Å²) in [6.45, 7) is 2.89. The van der Waals surface area contributed by atoms with Crippen LogP contribution in [0.1, 0.15) is 36.1 Å². The summed E-state index contributed by atoms with van der Waals surface area (Å²) in [6.07, 6.45) is 7.13. The van der Waals surface area contributed by atoms with Crippen LogP contribution in [0.15, 0.2) is 30.5 Å². The quantitative estimate of drug-likeness (QED) is 0.573. The molecule has 5 rings (SSSR count). The smallest absolute Gasteiger partial charge is 0.130 e. The van der Waals surface area contributed by atoms with Crippen LogP contribution >= 0.6 is 22.9 Å². The van der Waals surface area contributed by atoms with Gasteiger partial charge in [-0.2, -0.15) is 0 Å². The maximum atomic E-state index is 9.52. The highest BCUT2D eigenvalue weighted by molar-refractivity contribution is 7.19. The molecule has 0 radical (unpaired) electrons. The van der Waals surface area contributed by atoms with Crippen LogP contribution in [-0.2, 0) is 6.61 Å². The lowest BCUT2D eigenvalue weighted by Gasteiger charge is -2.19. The topological polar surface area (TPSA) is 42.4 Å². The molecule has 0 amide bonds. The van der Waals surface area contributed by atoms with Crippen molar-refractivity contribution in [3.8, 4) is 16.9 Å². The van der Waals surface area contributed by atoms with E-state index in [1.54, 1.807) is 11.3 Å². The Morgan fingerprint density at radius 3 is 2.96 bits per heavy atom. The number of hydrogen-bond donors (Lipinski definition) is 1. The molecule has 2 saturated carbocycles. The van der Waals surface area contributed by atoms with Gasteiger partial charge in [-0.25, -0.2) is 0 Å². The van der Waals surface area contributed by atoms with Crippen LogP contribution in [0.2, 0.25) is 5.02 Å². The molecule has 2 fully saturated rings. The summed E-state index contributed by atoms with van der Waals surface area (Å²) in [5, 5.41) is 10.2. The minimum absolute atomic E-state index is 0.0301. The third kappa shape index (κ3) is 2.95. The molecule has 1 aromatic carbocycles. The molecule has 0 saturated heterocycles. The molecule has 3 nitrogen and oxygen atoms in total. The van der Waals surface area contributed by atoms with Gasteiger partial charge in [0.25, 0.3) is 0 Å². The number of halogens is 1. The van der Waals surface area contributed by atoms with Gasteiger partial charge in [0.15, 0.2) is 0 Å². The zero-order chi connectivity index (χ0) is 18.6. The van der Waals surface area contributed by atoms with Gasteiger partial charge in [-0.3, -0.25) is 4.98 Å². The maximum absolute atomic E-state index is 9.52. The molecule has 0 spiro atoms. The molecule has 2 aliphatic carbocycles. The summed E-state index contributed by atoms with van der Waals surface area (Å²) in [4.78, 5) is 5.38. The fourth-order valence-corrected chi connectivity index (χ4v) is 5.98. The van der Waals surface area contributed by atoms with Gasteiger partial charge in [0.2, 0.25) is 0 Å². The monoisotopic (exact) mass is 399 g/mol. The summed E-state index contributed by atoms with van der Waals surface area (Å²) in [5.41, 5.74) is 4.48. The van der Waals surface area contributed by atoms with E-state index < -0.39 is 0 Å². The number of nitrogens with zero attached hydrogens (tertiary/aromatic N) is 1. The Bertz CT molecular complexity index is 1030. The molecule has 0 bridgehead atoms. The number of ether oxygens (including phenoxy) is 1. The Labute approximate surface area is 168 Å². The largest absolute Gasteiger partial charge is 0.492 e. The molecule has 2 unspecified atom stereocenters. The van der Waals surface area contributed by atoms with E-state index in [-0.39, 0.29) is 6.61 Å². The predicted molar refractivity (Wildman–Crippen MR) is 111 cm³/mol. The number of fused-ring (bicyclic) bond motifs is 2. The van der Waals surface area contributed by atoms with Crippen molar-refractivity contribution in [2.24, 2.45) is 11.3 Å². The van der Waals surface area contributed by atoms with Crippen LogP contribution in [0.25, 0.3) is 21.3 Å². The van der Waals surface area contributed by atoms with Gasteiger partial charge in [-0.05, 0) is 61.9 Å². The van der Waals surface area contributed by atoms with Crippen molar-refractivity contribution < 1.29 is 9.84 Å². The third-order valence-corrected chi connectivity index (χ3v) is 7.60. The van der Waals surface area contributed by atoms with Gasteiger partial charge < -0.3 is 9.84 Å². The molecular weight excluding hydrogens is 378 g/mol. The molecule has 0 aliphatic heterocycles. The molecular formula is C22H22ClNO2S. The Balaban J connectivity index is 1.58. The predicted octanol–water partition coefficient (Wildman–Crippen LogP) is 5.99. The summed E-state index contributed by atoms with van der Waals surface area (Å²) >= 11 is 7.99. The van der Waals surface area contributed by atoms with E-state index in [0.29, 0.717) is 10.4 Å². The van der Waals surface area contributed by atoms with E-state index in [0.717, 1.165) is 50.1 Å². The number of aromatic nitrogens is 1. The first-order valence-corrected chi connectivity index (χ1v) is 10.7. The molecule has 2 aromatic heterocycles. The molecule has 140 valence electrons. The van der Waals surface area contributed by atoms with Crippen molar-refractivity contribution in [3.63, 3.8) is 0 Å². The SMILES string of the molecule is Cc1cc(Cl)cc(-c2ccnc3cc(CO)sc23)c1OCC12CCCC1C2. The van der Waals surface area contributed by atoms with Gasteiger partial charge >= 0.3 is 0 Å². The third-order valence-electron chi connectivity index (χ3n) is 6.24. The number of aliphatic hydroxyl groups is 1. The van der Waals surface area contributed by atoms with Crippen LogP contribution < -0.4 is 4.74 Å². The average Bonchev–Trinajstić information content (AvgIpc) is 3.01. The zero-order valence-electron chi connectivity index (χ0n) is 15.3. The van der Waals surface area contributed by atoms with Crippen molar-refractivity contribution >= 4 is 33.2 Å². The van der Waals surface area contributed by atoms with Gasteiger partial charge in [0, 0.05) is 32.6 Å². The van der Waals surface area contributed by atoms with Crippen molar-refractivity contribution in [1.29, 1.82) is 0 Å². The van der Waals surface area contributed by atoms with E-state index in [9.17, 15) is 5.11 Å². The lowest BCUT2D eigenvalue weighted by Crippen LogP contribution is -2.13. The Kier molecular flexibility index (Phi) is 4.19. The molecule has 1 N–H and O–H groups in total. The van der Waals surface area contributed by atoms with E-state index in [2.05, 4.69) is 11.9 Å². The Hall–Kier alpha value is -1.62. The number of aryl methyl sites for hydroxylation is 1. The Morgan fingerprint density at radius 2 is 2.22 bits per heavy atom.